The van der Waals surface area contributed by atoms with Crippen molar-refractivity contribution in [2.45, 2.75) is 37.2 Å². The smallest absolute Gasteiger partial charge is 0.325 e. The van der Waals surface area contributed by atoms with Crippen molar-refractivity contribution < 1.29 is 18.3 Å². The van der Waals surface area contributed by atoms with E-state index in [2.05, 4.69) is 21.6 Å². The first-order chi connectivity index (χ1) is 9.90. The lowest BCUT2D eigenvalue weighted by Gasteiger charge is -2.31. The molecule has 0 radical (unpaired) electrons. The van der Waals surface area contributed by atoms with Gasteiger partial charge in [0.2, 0.25) is 10.0 Å². The fourth-order valence-electron chi connectivity index (χ4n) is 2.36. The lowest BCUT2D eigenvalue weighted by molar-refractivity contribution is -0.137. The van der Waals surface area contributed by atoms with Gasteiger partial charge in [0.25, 0.3) is 0 Å². The van der Waals surface area contributed by atoms with E-state index in [1.54, 1.807) is 0 Å². The number of nitrogens with zero attached hydrogens (tertiary/aromatic N) is 3. The molecule has 0 bridgehead atoms. The van der Waals surface area contributed by atoms with Crippen LogP contribution in [0.1, 0.15) is 19.8 Å². The Hall–Kier alpha value is -1.45. The average molecular weight is 316 g/mol. The largest absolute Gasteiger partial charge is 0.480 e. The van der Waals surface area contributed by atoms with E-state index in [1.807, 2.05) is 0 Å². The number of sulfonamides is 1. The molecule has 0 aliphatic carbocycles. The van der Waals surface area contributed by atoms with Gasteiger partial charge in [-0.05, 0) is 32.5 Å². The molecule has 2 heterocycles. The highest BCUT2D eigenvalue weighted by atomic mass is 32.2. The van der Waals surface area contributed by atoms with E-state index in [4.69, 9.17) is 5.11 Å². The Morgan fingerprint density at radius 2 is 2.14 bits per heavy atom. The zero-order valence-electron chi connectivity index (χ0n) is 11.9. The summed E-state index contributed by atoms with van der Waals surface area (Å²) in [5, 5.41) is 12.4. The molecule has 1 aromatic rings. The summed E-state index contributed by atoms with van der Waals surface area (Å²) >= 11 is 0. The van der Waals surface area contributed by atoms with Crippen LogP contribution in [0.15, 0.2) is 17.3 Å². The molecule has 0 spiro atoms. The molecule has 118 valence electrons. The molecule has 1 aliphatic heterocycles. The van der Waals surface area contributed by atoms with Crippen molar-refractivity contribution in [3.63, 3.8) is 0 Å². The highest BCUT2D eigenvalue weighted by molar-refractivity contribution is 7.89. The van der Waals surface area contributed by atoms with E-state index in [9.17, 15) is 13.2 Å². The van der Waals surface area contributed by atoms with Crippen LogP contribution < -0.4 is 4.72 Å². The third kappa shape index (κ3) is 4.26. The maximum atomic E-state index is 12.2. The average Bonchev–Trinajstić information content (AvgIpc) is 2.88. The zero-order valence-corrected chi connectivity index (χ0v) is 12.7. The number of carboxylic acids is 1. The predicted octanol–water partition coefficient (Wildman–Crippen LogP) is -0.270. The number of aromatic nitrogens is 2. The van der Waals surface area contributed by atoms with Gasteiger partial charge < -0.3 is 10.0 Å². The van der Waals surface area contributed by atoms with Crippen molar-refractivity contribution >= 4 is 16.0 Å². The van der Waals surface area contributed by atoms with Crippen molar-refractivity contribution in [3.05, 3.63) is 12.4 Å². The van der Waals surface area contributed by atoms with Crippen LogP contribution in [0.2, 0.25) is 0 Å². The minimum absolute atomic E-state index is 0.00155. The van der Waals surface area contributed by atoms with Gasteiger partial charge in [0.05, 0.1) is 6.20 Å². The number of hydrogen-bond donors (Lipinski definition) is 2. The van der Waals surface area contributed by atoms with Crippen LogP contribution in [-0.4, -0.2) is 59.9 Å². The van der Waals surface area contributed by atoms with Crippen molar-refractivity contribution in [1.29, 1.82) is 0 Å². The van der Waals surface area contributed by atoms with Crippen molar-refractivity contribution in [1.82, 2.24) is 19.4 Å². The van der Waals surface area contributed by atoms with Gasteiger partial charge in [0.15, 0.2) is 0 Å². The molecule has 0 atom stereocenters. The summed E-state index contributed by atoms with van der Waals surface area (Å²) in [5.74, 6) is -1.07. The van der Waals surface area contributed by atoms with Crippen LogP contribution >= 0.6 is 0 Å². The molecule has 0 unspecified atom stereocenters. The normalized spacial score (nSPS) is 18.0. The fraction of sp³-hybridized carbons (Fsp3) is 0.667. The van der Waals surface area contributed by atoms with E-state index in [0.29, 0.717) is 0 Å². The van der Waals surface area contributed by atoms with Crippen molar-refractivity contribution in [3.8, 4) is 0 Å². The Balaban J connectivity index is 1.98. The summed E-state index contributed by atoms with van der Waals surface area (Å²) < 4.78 is 28.2. The maximum Gasteiger partial charge on any atom is 0.325 e. The SMILES string of the molecule is CCN1CCC(NS(=O)(=O)c2cnn(CC(=O)O)c2)CC1. The molecule has 0 amide bonds. The van der Waals surface area contributed by atoms with E-state index in [-0.39, 0.29) is 17.5 Å². The molecule has 1 saturated heterocycles. The molecule has 8 nitrogen and oxygen atoms in total. The second-order valence-electron chi connectivity index (χ2n) is 5.10. The monoisotopic (exact) mass is 316 g/mol. The van der Waals surface area contributed by atoms with E-state index in [0.717, 1.165) is 37.2 Å². The lowest BCUT2D eigenvalue weighted by Crippen LogP contribution is -2.44. The first-order valence-electron chi connectivity index (χ1n) is 6.89. The molecule has 1 aromatic heterocycles. The summed E-state index contributed by atoms with van der Waals surface area (Å²) in [5.41, 5.74) is 0. The summed E-state index contributed by atoms with van der Waals surface area (Å²) in [7, 11) is -3.64. The van der Waals surface area contributed by atoms with Crippen molar-refractivity contribution in [2.24, 2.45) is 0 Å². The van der Waals surface area contributed by atoms with Gasteiger partial charge in [-0.25, -0.2) is 13.1 Å². The summed E-state index contributed by atoms with van der Waals surface area (Å²) in [6.07, 6.45) is 3.96. The Labute approximate surface area is 123 Å². The number of carboxylic acid groups (broad SMARTS) is 1. The van der Waals surface area contributed by atoms with E-state index < -0.39 is 16.0 Å². The Bertz CT molecular complexity index is 590. The first-order valence-corrected chi connectivity index (χ1v) is 8.38. The summed E-state index contributed by atoms with van der Waals surface area (Å²) in [6.45, 7) is 4.46. The van der Waals surface area contributed by atoms with Gasteiger partial charge in [-0.3, -0.25) is 9.48 Å². The quantitative estimate of drug-likeness (QED) is 0.748. The number of piperidine rings is 1. The van der Waals surface area contributed by atoms with Crippen LogP contribution in [-0.2, 0) is 21.4 Å². The standard InChI is InChI=1S/C12H20N4O4S/c1-2-15-5-3-10(4-6-15)14-21(19,20)11-7-13-16(8-11)9-12(17)18/h7-8,10,14H,2-6,9H2,1H3,(H,17,18). The minimum atomic E-state index is -3.64. The van der Waals surface area contributed by atoms with E-state index in [1.165, 1.54) is 12.4 Å². The summed E-state index contributed by atoms with van der Waals surface area (Å²) in [6, 6.07) is -0.0828. The molecule has 1 aliphatic rings. The van der Waals surface area contributed by atoms with Crippen LogP contribution in [0.3, 0.4) is 0 Å². The summed E-state index contributed by atoms with van der Waals surface area (Å²) in [4.78, 5) is 12.8. The molecule has 2 rings (SSSR count). The molecule has 2 N–H and O–H groups in total. The molecular weight excluding hydrogens is 296 g/mol. The molecule has 0 saturated carbocycles. The second kappa shape index (κ2) is 6.54. The number of likely N-dealkylation sites (tertiary alicyclic amines) is 1. The number of rotatable bonds is 6. The van der Waals surface area contributed by atoms with Crippen molar-refractivity contribution in [2.75, 3.05) is 19.6 Å². The molecule has 21 heavy (non-hydrogen) atoms. The molecule has 1 fully saturated rings. The highest BCUT2D eigenvalue weighted by Crippen LogP contribution is 2.14. The Kier molecular flexibility index (Phi) is 4.96. The van der Waals surface area contributed by atoms with Crippen LogP contribution in [0.25, 0.3) is 0 Å². The number of nitrogens with one attached hydrogen (secondary N) is 1. The van der Waals surface area contributed by atoms with Gasteiger partial charge in [-0.15, -0.1) is 0 Å². The zero-order chi connectivity index (χ0) is 15.5. The van der Waals surface area contributed by atoms with E-state index >= 15 is 0 Å². The lowest BCUT2D eigenvalue weighted by atomic mass is 10.1. The third-order valence-corrected chi connectivity index (χ3v) is 5.05. The minimum Gasteiger partial charge on any atom is -0.480 e. The molecular formula is C12H20N4O4S. The number of hydrogen-bond acceptors (Lipinski definition) is 5. The number of aliphatic carboxylic acids is 1. The van der Waals surface area contributed by atoms with Gasteiger partial charge in [0, 0.05) is 12.2 Å². The highest BCUT2D eigenvalue weighted by Gasteiger charge is 2.25. The van der Waals surface area contributed by atoms with Gasteiger partial charge >= 0.3 is 5.97 Å². The number of carbonyl (C=O) groups is 1. The van der Waals surface area contributed by atoms with Gasteiger partial charge in [-0.1, -0.05) is 6.92 Å². The Morgan fingerprint density at radius 1 is 1.48 bits per heavy atom. The fourth-order valence-corrected chi connectivity index (χ4v) is 3.62. The predicted molar refractivity (Wildman–Crippen MR) is 75.3 cm³/mol. The molecule has 9 heteroatoms. The van der Waals surface area contributed by atoms with Gasteiger partial charge in [0.1, 0.15) is 11.4 Å². The van der Waals surface area contributed by atoms with Crippen LogP contribution in [0.5, 0.6) is 0 Å². The first kappa shape index (κ1) is 15.9. The third-order valence-electron chi connectivity index (χ3n) is 3.57. The van der Waals surface area contributed by atoms with Crippen LogP contribution in [0, 0.1) is 0 Å². The second-order valence-corrected chi connectivity index (χ2v) is 6.81. The molecule has 0 aromatic carbocycles. The van der Waals surface area contributed by atoms with Crippen LogP contribution in [0.4, 0.5) is 0 Å². The topological polar surface area (TPSA) is 105 Å². The maximum absolute atomic E-state index is 12.2. The van der Waals surface area contributed by atoms with Gasteiger partial charge in [-0.2, -0.15) is 5.10 Å². The Morgan fingerprint density at radius 3 is 2.71 bits per heavy atom.